The highest BCUT2D eigenvalue weighted by atomic mass is 35.5. The van der Waals surface area contributed by atoms with Crippen LogP contribution in [-0.2, 0) is 4.74 Å². The molecule has 2 fully saturated rings. The van der Waals surface area contributed by atoms with Crippen molar-refractivity contribution in [2.24, 2.45) is 0 Å². The third-order valence-electron chi connectivity index (χ3n) is 5.22. The van der Waals surface area contributed by atoms with Crippen molar-refractivity contribution in [3.05, 3.63) is 68.6 Å². The molecule has 142 valence electrons. The molecule has 27 heavy (non-hydrogen) atoms. The summed E-state index contributed by atoms with van der Waals surface area (Å²) >= 11 is 5.96. The van der Waals surface area contributed by atoms with E-state index in [0.717, 1.165) is 25.1 Å². The number of hydrogen-bond donors (Lipinski definition) is 2. The molecular formula is C20H22ClN3O3. The molecule has 2 aliphatic rings. The van der Waals surface area contributed by atoms with Crippen LogP contribution in [0.5, 0.6) is 0 Å². The van der Waals surface area contributed by atoms with Crippen molar-refractivity contribution in [3.63, 3.8) is 0 Å². The van der Waals surface area contributed by atoms with E-state index in [9.17, 15) is 9.59 Å². The Morgan fingerprint density at radius 3 is 2.78 bits per heavy atom. The molecule has 1 aromatic carbocycles. The van der Waals surface area contributed by atoms with Crippen molar-refractivity contribution >= 4 is 17.5 Å². The van der Waals surface area contributed by atoms with Gasteiger partial charge < -0.3 is 15.0 Å². The van der Waals surface area contributed by atoms with Crippen molar-refractivity contribution in [2.75, 3.05) is 19.7 Å². The Morgan fingerprint density at radius 2 is 2.04 bits per heavy atom. The number of fused-ring (bicyclic) bond motifs is 1. The number of carbonyl (C=O) groups excluding carboxylic acids is 1. The number of nitrogens with zero attached hydrogens (tertiary/aromatic N) is 1. The monoisotopic (exact) mass is 387 g/mol. The van der Waals surface area contributed by atoms with Gasteiger partial charge in [0, 0.05) is 48.0 Å². The van der Waals surface area contributed by atoms with E-state index in [0.29, 0.717) is 29.1 Å². The van der Waals surface area contributed by atoms with E-state index < -0.39 is 0 Å². The Balaban J connectivity index is 1.39. The number of rotatable bonds is 3. The van der Waals surface area contributed by atoms with Gasteiger partial charge in [-0.1, -0.05) is 23.7 Å². The standard InChI is InChI=1S/C20H22ClN3O3/c1-12-6-17(25)8-18(22-12)20(26)23-15-7-16-11-27-19(10-24(16)9-15)13-2-4-14(21)5-3-13/h2-6,8,15-16,19H,7,9-11H2,1H3,(H,22,25)(H,23,26)/t15-,16+,19-/m1/s1. The lowest BCUT2D eigenvalue weighted by molar-refractivity contribution is -0.0502. The summed E-state index contributed by atoms with van der Waals surface area (Å²) < 4.78 is 6.04. The minimum Gasteiger partial charge on any atom is -0.371 e. The lowest BCUT2D eigenvalue weighted by atomic mass is 10.1. The summed E-state index contributed by atoms with van der Waals surface area (Å²) in [6.45, 7) is 3.98. The summed E-state index contributed by atoms with van der Waals surface area (Å²) in [5.74, 6) is -0.240. The number of morpholine rings is 1. The first-order chi connectivity index (χ1) is 13.0. The quantitative estimate of drug-likeness (QED) is 0.847. The molecule has 3 atom stereocenters. The number of aromatic amines is 1. The number of hydrogen-bond acceptors (Lipinski definition) is 4. The van der Waals surface area contributed by atoms with E-state index in [1.165, 1.54) is 12.1 Å². The second-order valence-corrected chi connectivity index (χ2v) is 7.74. The third kappa shape index (κ3) is 4.08. The second-order valence-electron chi connectivity index (χ2n) is 7.30. The Bertz CT molecular complexity index is 896. The minimum atomic E-state index is -0.240. The van der Waals surface area contributed by atoms with Crippen LogP contribution in [0.25, 0.3) is 0 Å². The Hall–Kier alpha value is -2.15. The normalized spacial score (nSPS) is 25.2. The number of benzene rings is 1. The van der Waals surface area contributed by atoms with Crippen LogP contribution in [0.1, 0.15) is 34.3 Å². The zero-order valence-electron chi connectivity index (χ0n) is 15.1. The number of nitrogens with one attached hydrogen (secondary N) is 2. The third-order valence-corrected chi connectivity index (χ3v) is 5.47. The van der Waals surface area contributed by atoms with E-state index in [1.807, 2.05) is 24.3 Å². The number of pyridine rings is 1. The van der Waals surface area contributed by atoms with Crippen LogP contribution in [0.4, 0.5) is 0 Å². The maximum atomic E-state index is 12.5. The first kappa shape index (κ1) is 18.2. The molecule has 0 radical (unpaired) electrons. The fraction of sp³-hybridized carbons (Fsp3) is 0.400. The molecule has 2 aliphatic heterocycles. The Kier molecular flexibility index (Phi) is 5.04. The van der Waals surface area contributed by atoms with Crippen LogP contribution in [0.2, 0.25) is 5.02 Å². The second kappa shape index (κ2) is 7.46. The predicted octanol–water partition coefficient (Wildman–Crippen LogP) is 2.28. The highest BCUT2D eigenvalue weighted by Gasteiger charge is 2.38. The van der Waals surface area contributed by atoms with Gasteiger partial charge in [-0.2, -0.15) is 0 Å². The maximum absolute atomic E-state index is 12.5. The molecule has 0 aliphatic carbocycles. The summed E-state index contributed by atoms with van der Waals surface area (Å²) in [5, 5.41) is 3.76. The number of aromatic nitrogens is 1. The van der Waals surface area contributed by atoms with Crippen LogP contribution in [-0.4, -0.2) is 47.6 Å². The topological polar surface area (TPSA) is 74.4 Å². The molecule has 6 nitrogen and oxygen atoms in total. The molecule has 4 rings (SSSR count). The average Bonchev–Trinajstić information content (AvgIpc) is 3.02. The molecule has 2 aromatic rings. The van der Waals surface area contributed by atoms with Gasteiger partial charge in [0.25, 0.3) is 5.91 Å². The maximum Gasteiger partial charge on any atom is 0.268 e. The molecule has 0 saturated carbocycles. The Labute approximate surface area is 162 Å². The number of aryl methyl sites for hydroxylation is 1. The van der Waals surface area contributed by atoms with Gasteiger partial charge in [0.05, 0.1) is 12.7 Å². The van der Waals surface area contributed by atoms with Gasteiger partial charge in [-0.15, -0.1) is 0 Å². The van der Waals surface area contributed by atoms with Gasteiger partial charge in [0.15, 0.2) is 5.43 Å². The van der Waals surface area contributed by atoms with Gasteiger partial charge in [0.2, 0.25) is 0 Å². The molecule has 2 N–H and O–H groups in total. The fourth-order valence-corrected chi connectivity index (χ4v) is 4.05. The summed E-state index contributed by atoms with van der Waals surface area (Å²) in [6.07, 6.45) is 0.857. The van der Waals surface area contributed by atoms with Crippen LogP contribution < -0.4 is 10.7 Å². The number of amides is 1. The van der Waals surface area contributed by atoms with Gasteiger partial charge in [-0.3, -0.25) is 14.5 Å². The Morgan fingerprint density at radius 1 is 1.26 bits per heavy atom. The molecule has 0 bridgehead atoms. The first-order valence-electron chi connectivity index (χ1n) is 9.11. The van der Waals surface area contributed by atoms with Crippen LogP contribution in [0.15, 0.2) is 41.2 Å². The number of halogens is 1. The highest BCUT2D eigenvalue weighted by Crippen LogP contribution is 2.30. The van der Waals surface area contributed by atoms with Crippen molar-refractivity contribution < 1.29 is 9.53 Å². The van der Waals surface area contributed by atoms with Gasteiger partial charge >= 0.3 is 0 Å². The average molecular weight is 388 g/mol. The molecule has 0 unspecified atom stereocenters. The SMILES string of the molecule is Cc1cc(=O)cc(C(=O)N[C@@H]2C[C@H]3CO[C@@H](c4ccc(Cl)cc4)CN3C2)[nH]1. The predicted molar refractivity (Wildman–Crippen MR) is 103 cm³/mol. The fourth-order valence-electron chi connectivity index (χ4n) is 3.93. The summed E-state index contributed by atoms with van der Waals surface area (Å²) in [4.78, 5) is 29.4. The van der Waals surface area contributed by atoms with Crippen LogP contribution in [0.3, 0.4) is 0 Å². The minimum absolute atomic E-state index is 0.0149. The first-order valence-corrected chi connectivity index (χ1v) is 9.48. The number of ether oxygens (including phenoxy) is 1. The van der Waals surface area contributed by atoms with Crippen molar-refractivity contribution in [2.45, 2.75) is 31.5 Å². The smallest absolute Gasteiger partial charge is 0.268 e. The van der Waals surface area contributed by atoms with E-state index in [2.05, 4.69) is 15.2 Å². The summed E-state index contributed by atoms with van der Waals surface area (Å²) in [5.41, 5.74) is 1.93. The molecule has 3 heterocycles. The lowest BCUT2D eigenvalue weighted by Gasteiger charge is -2.35. The van der Waals surface area contributed by atoms with E-state index in [4.69, 9.17) is 16.3 Å². The zero-order chi connectivity index (χ0) is 19.0. The number of carbonyl (C=O) groups is 1. The summed E-state index contributed by atoms with van der Waals surface area (Å²) in [6, 6.07) is 10.9. The molecule has 1 amide bonds. The van der Waals surface area contributed by atoms with Gasteiger partial charge in [0.1, 0.15) is 5.69 Å². The van der Waals surface area contributed by atoms with Crippen LogP contribution >= 0.6 is 11.6 Å². The van der Waals surface area contributed by atoms with Crippen molar-refractivity contribution in [1.29, 1.82) is 0 Å². The molecule has 7 heteroatoms. The largest absolute Gasteiger partial charge is 0.371 e. The van der Waals surface area contributed by atoms with E-state index >= 15 is 0 Å². The van der Waals surface area contributed by atoms with Gasteiger partial charge in [-0.05, 0) is 31.0 Å². The lowest BCUT2D eigenvalue weighted by Crippen LogP contribution is -2.43. The van der Waals surface area contributed by atoms with Crippen molar-refractivity contribution in [1.82, 2.24) is 15.2 Å². The van der Waals surface area contributed by atoms with Crippen molar-refractivity contribution in [3.8, 4) is 0 Å². The molecule has 2 saturated heterocycles. The van der Waals surface area contributed by atoms with Gasteiger partial charge in [-0.25, -0.2) is 0 Å². The van der Waals surface area contributed by atoms with Crippen LogP contribution in [0, 0.1) is 6.92 Å². The molecular weight excluding hydrogens is 366 g/mol. The zero-order valence-corrected chi connectivity index (χ0v) is 15.8. The summed E-state index contributed by atoms with van der Waals surface area (Å²) in [7, 11) is 0. The highest BCUT2D eigenvalue weighted by molar-refractivity contribution is 6.30. The molecule has 0 spiro atoms. The van der Waals surface area contributed by atoms with E-state index in [-0.39, 0.29) is 23.5 Å². The molecule has 1 aromatic heterocycles. The number of H-pyrrole nitrogens is 1. The van der Waals surface area contributed by atoms with E-state index in [1.54, 1.807) is 6.92 Å².